The number of unbranched alkanes of at least 4 members (excludes halogenated alkanes) is 1. The van der Waals surface area contributed by atoms with Gasteiger partial charge in [0.15, 0.2) is 0 Å². The van der Waals surface area contributed by atoms with Gasteiger partial charge in [-0.15, -0.1) is 5.12 Å². The van der Waals surface area contributed by atoms with Crippen molar-refractivity contribution in [2.75, 3.05) is 0 Å². The summed E-state index contributed by atoms with van der Waals surface area (Å²) < 4.78 is 0. The van der Waals surface area contributed by atoms with E-state index in [1.807, 2.05) is 5.43 Å². The minimum absolute atomic E-state index is 0.0666. The lowest BCUT2D eigenvalue weighted by Crippen LogP contribution is -2.56. The van der Waals surface area contributed by atoms with Gasteiger partial charge in [0.25, 0.3) is 11.8 Å². The lowest BCUT2D eigenvalue weighted by atomic mass is 10.2. The number of carbonyl (C=O) groups is 6. The molecule has 0 aromatic rings. The molecule has 0 spiro atoms. The summed E-state index contributed by atoms with van der Waals surface area (Å²) in [7, 11) is 0. The average Bonchev–Trinajstić information content (AvgIpc) is 2.55. The van der Waals surface area contributed by atoms with Crippen molar-refractivity contribution in [3.8, 4) is 0 Å². The zero-order chi connectivity index (χ0) is 19.4. The van der Waals surface area contributed by atoms with E-state index in [9.17, 15) is 28.8 Å². The second-order valence-corrected chi connectivity index (χ2v) is 4.42. The standard InChI is InChI=1S/C14H17N3O8/c1-2-3-4-11(20)17(12(21)6-8-14(24)25)16(9-18)15-10(19)5-7-13(22)23/h5-9H,2-4H2,1H3,(H,15,19)(H,22,23)(H,24,25)/b7-5-,8-6-. The molecule has 0 saturated heterocycles. The molecule has 3 N–H and O–H groups in total. The molecule has 0 bridgehead atoms. The molecule has 0 fully saturated rings. The molecule has 11 nitrogen and oxygen atoms in total. The van der Waals surface area contributed by atoms with Gasteiger partial charge in [-0.25, -0.2) is 15.0 Å². The highest BCUT2D eigenvalue weighted by Gasteiger charge is 2.26. The number of carboxylic acid groups (broad SMARTS) is 2. The third kappa shape index (κ3) is 8.64. The Labute approximate surface area is 142 Å². The number of nitrogens with zero attached hydrogens (tertiary/aromatic N) is 2. The molecule has 0 aliphatic carbocycles. The molecule has 11 heteroatoms. The molecule has 0 unspecified atom stereocenters. The summed E-state index contributed by atoms with van der Waals surface area (Å²) in [5, 5.41) is 17.4. The van der Waals surface area contributed by atoms with Gasteiger partial charge in [0.05, 0.1) is 0 Å². The van der Waals surface area contributed by atoms with Crippen LogP contribution in [0.3, 0.4) is 0 Å². The molecule has 136 valence electrons. The number of carbonyl (C=O) groups excluding carboxylic acids is 4. The summed E-state index contributed by atoms with van der Waals surface area (Å²) in [5.41, 5.74) is 1.83. The number of hydrazine groups is 2. The van der Waals surface area contributed by atoms with Gasteiger partial charge >= 0.3 is 11.9 Å². The van der Waals surface area contributed by atoms with Gasteiger partial charge < -0.3 is 10.2 Å². The number of hydrogen-bond acceptors (Lipinski definition) is 6. The van der Waals surface area contributed by atoms with Crippen LogP contribution in [0.5, 0.6) is 0 Å². The Kier molecular flexibility index (Phi) is 9.55. The summed E-state index contributed by atoms with van der Waals surface area (Å²) in [6.07, 6.45) is 2.80. The van der Waals surface area contributed by atoms with Gasteiger partial charge in [0.1, 0.15) is 0 Å². The average molecular weight is 355 g/mol. The fourth-order valence-electron chi connectivity index (χ4n) is 1.42. The van der Waals surface area contributed by atoms with E-state index in [0.29, 0.717) is 37.1 Å². The number of imide groups is 1. The maximum atomic E-state index is 12.1. The van der Waals surface area contributed by atoms with E-state index in [-0.39, 0.29) is 23.0 Å². The zero-order valence-corrected chi connectivity index (χ0v) is 13.2. The molecule has 0 aromatic carbocycles. The Bertz CT molecular complexity index is 611. The van der Waals surface area contributed by atoms with Crippen molar-refractivity contribution in [3.63, 3.8) is 0 Å². The van der Waals surface area contributed by atoms with Gasteiger partial charge in [-0.2, -0.15) is 5.01 Å². The Hall–Kier alpha value is -3.50. The van der Waals surface area contributed by atoms with Crippen LogP contribution < -0.4 is 5.43 Å². The Morgan fingerprint density at radius 1 is 0.960 bits per heavy atom. The van der Waals surface area contributed by atoms with Crippen LogP contribution in [0.2, 0.25) is 0 Å². The van der Waals surface area contributed by atoms with Crippen LogP contribution in [0, 0.1) is 0 Å². The second-order valence-electron chi connectivity index (χ2n) is 4.42. The topological polar surface area (TPSA) is 161 Å². The van der Waals surface area contributed by atoms with Crippen LogP contribution in [0.25, 0.3) is 0 Å². The summed E-state index contributed by atoms with van der Waals surface area (Å²) in [6, 6.07) is 0. The normalized spacial score (nSPS) is 10.4. The predicted octanol–water partition coefficient (Wildman–Crippen LogP) is -0.782. The smallest absolute Gasteiger partial charge is 0.328 e. The molecule has 0 aliphatic rings. The fourth-order valence-corrected chi connectivity index (χ4v) is 1.42. The van der Waals surface area contributed by atoms with Crippen LogP contribution in [-0.2, 0) is 28.8 Å². The predicted molar refractivity (Wildman–Crippen MR) is 81.0 cm³/mol. The van der Waals surface area contributed by atoms with Crippen molar-refractivity contribution >= 4 is 36.1 Å². The lowest BCUT2D eigenvalue weighted by molar-refractivity contribution is -0.172. The maximum Gasteiger partial charge on any atom is 0.328 e. The third-order valence-corrected chi connectivity index (χ3v) is 2.48. The van der Waals surface area contributed by atoms with Crippen molar-refractivity contribution in [2.24, 2.45) is 0 Å². The summed E-state index contributed by atoms with van der Waals surface area (Å²) >= 11 is 0. The highest BCUT2D eigenvalue weighted by Crippen LogP contribution is 2.04. The quantitative estimate of drug-likeness (QED) is 0.261. The highest BCUT2D eigenvalue weighted by atomic mass is 16.4. The van der Waals surface area contributed by atoms with Gasteiger partial charge in [0, 0.05) is 30.7 Å². The minimum Gasteiger partial charge on any atom is -0.478 e. The van der Waals surface area contributed by atoms with Crippen LogP contribution in [0.1, 0.15) is 26.2 Å². The molecule has 0 radical (unpaired) electrons. The van der Waals surface area contributed by atoms with E-state index in [2.05, 4.69) is 0 Å². The largest absolute Gasteiger partial charge is 0.478 e. The first-order valence-electron chi connectivity index (χ1n) is 6.96. The first kappa shape index (κ1) is 21.5. The summed E-state index contributed by atoms with van der Waals surface area (Å²) in [5.74, 6) is -6.03. The number of aliphatic carboxylic acids is 2. The van der Waals surface area contributed by atoms with Crippen LogP contribution in [-0.4, -0.2) is 56.4 Å². The second kappa shape index (κ2) is 11.1. The van der Waals surface area contributed by atoms with Crippen molar-refractivity contribution in [1.82, 2.24) is 15.6 Å². The molecular weight excluding hydrogens is 338 g/mol. The van der Waals surface area contributed by atoms with E-state index in [0.717, 1.165) is 0 Å². The molecule has 0 rings (SSSR count). The first-order valence-corrected chi connectivity index (χ1v) is 6.96. The number of hydrogen-bond donors (Lipinski definition) is 3. The lowest BCUT2D eigenvalue weighted by Gasteiger charge is -2.28. The van der Waals surface area contributed by atoms with E-state index >= 15 is 0 Å². The van der Waals surface area contributed by atoms with Gasteiger partial charge in [-0.05, 0) is 6.42 Å². The van der Waals surface area contributed by atoms with E-state index < -0.39 is 29.7 Å². The van der Waals surface area contributed by atoms with Crippen LogP contribution in [0.4, 0.5) is 0 Å². The van der Waals surface area contributed by atoms with Crippen molar-refractivity contribution in [2.45, 2.75) is 26.2 Å². The molecule has 0 heterocycles. The first-order chi connectivity index (χ1) is 11.7. The van der Waals surface area contributed by atoms with E-state index in [1.54, 1.807) is 6.92 Å². The van der Waals surface area contributed by atoms with Gasteiger partial charge in [-0.3, -0.25) is 19.2 Å². The Morgan fingerprint density at radius 2 is 1.52 bits per heavy atom. The molecule has 0 atom stereocenters. The minimum atomic E-state index is -1.46. The van der Waals surface area contributed by atoms with E-state index in [1.165, 1.54) is 0 Å². The van der Waals surface area contributed by atoms with Crippen LogP contribution in [0.15, 0.2) is 24.3 Å². The molecule has 0 aromatic heterocycles. The van der Waals surface area contributed by atoms with Crippen LogP contribution >= 0.6 is 0 Å². The number of amides is 4. The van der Waals surface area contributed by atoms with Crippen molar-refractivity contribution < 1.29 is 39.0 Å². The molecule has 4 amide bonds. The summed E-state index contributed by atoms with van der Waals surface area (Å²) in [6.45, 7) is 1.78. The molecule has 0 aliphatic heterocycles. The third-order valence-electron chi connectivity index (χ3n) is 2.48. The van der Waals surface area contributed by atoms with Crippen molar-refractivity contribution in [1.29, 1.82) is 0 Å². The fraction of sp³-hybridized carbons (Fsp3) is 0.286. The summed E-state index contributed by atoms with van der Waals surface area (Å²) in [4.78, 5) is 67.6. The zero-order valence-electron chi connectivity index (χ0n) is 13.2. The van der Waals surface area contributed by atoms with Crippen molar-refractivity contribution in [3.05, 3.63) is 24.3 Å². The highest BCUT2D eigenvalue weighted by molar-refractivity contribution is 6.03. The number of rotatable bonds is 10. The molecule has 25 heavy (non-hydrogen) atoms. The monoisotopic (exact) mass is 355 g/mol. The van der Waals surface area contributed by atoms with E-state index in [4.69, 9.17) is 10.2 Å². The Balaban J connectivity index is 5.43. The van der Waals surface area contributed by atoms with Gasteiger partial charge in [-0.1, -0.05) is 13.3 Å². The van der Waals surface area contributed by atoms with Gasteiger partial charge in [0.2, 0.25) is 12.3 Å². The number of carboxylic acids is 2. The Morgan fingerprint density at radius 3 is 2.00 bits per heavy atom. The molecular formula is C14H17N3O8. The number of nitrogens with one attached hydrogen (secondary N) is 1. The molecule has 0 saturated carbocycles. The maximum absolute atomic E-state index is 12.1. The SMILES string of the molecule is CCCCC(=O)N(C(=O)/C=C\C(=O)O)N(C=O)NC(=O)/C=C\C(=O)O.